The normalized spacial score (nSPS) is 31.6. The van der Waals surface area contributed by atoms with E-state index in [0.717, 1.165) is 51.9 Å². The van der Waals surface area contributed by atoms with Gasteiger partial charge >= 0.3 is 0 Å². The summed E-state index contributed by atoms with van der Waals surface area (Å²) in [5.41, 5.74) is 0. The minimum Gasteiger partial charge on any atom is -0.381 e. The van der Waals surface area contributed by atoms with Crippen LogP contribution in [0.15, 0.2) is 18.6 Å². The van der Waals surface area contributed by atoms with Gasteiger partial charge in [0.1, 0.15) is 6.10 Å². The number of hydrogen-bond acceptors (Lipinski definition) is 6. The molecule has 4 heterocycles. The summed E-state index contributed by atoms with van der Waals surface area (Å²) in [6.45, 7) is 2.80. The molecule has 3 fully saturated rings. The Balaban J connectivity index is 1.34. The topological polar surface area (TPSA) is 76.6 Å². The molecule has 0 bridgehead atoms. The van der Waals surface area contributed by atoms with Gasteiger partial charge in [0.15, 0.2) is 5.82 Å². The second-order valence-electron chi connectivity index (χ2n) is 6.76. The Hall–Kier alpha value is -1.57. The van der Waals surface area contributed by atoms with Crippen molar-refractivity contribution in [2.45, 2.75) is 56.4 Å². The van der Waals surface area contributed by atoms with Crippen LogP contribution in [0.25, 0.3) is 0 Å². The van der Waals surface area contributed by atoms with Crippen LogP contribution < -0.4 is 5.32 Å². The fourth-order valence-electron chi connectivity index (χ4n) is 4.19. The molecular weight excluding hydrogens is 308 g/mol. The van der Waals surface area contributed by atoms with Gasteiger partial charge in [0, 0.05) is 44.2 Å². The van der Waals surface area contributed by atoms with Gasteiger partial charge in [0.2, 0.25) is 0 Å². The molecule has 3 aliphatic rings. The summed E-state index contributed by atoms with van der Waals surface area (Å²) in [6, 6.07) is 1.07. The molecule has 0 aliphatic carbocycles. The predicted molar refractivity (Wildman–Crippen MR) is 87.5 cm³/mol. The Morgan fingerprint density at radius 1 is 1.17 bits per heavy atom. The van der Waals surface area contributed by atoms with Gasteiger partial charge < -0.3 is 14.8 Å². The molecule has 0 aromatic carbocycles. The van der Waals surface area contributed by atoms with E-state index in [-0.39, 0.29) is 18.1 Å². The minimum absolute atomic E-state index is 0.113. The minimum atomic E-state index is -0.386. The third kappa shape index (κ3) is 3.29. The van der Waals surface area contributed by atoms with E-state index in [9.17, 15) is 4.79 Å². The maximum absolute atomic E-state index is 12.4. The molecule has 3 aliphatic heterocycles. The third-order valence-corrected chi connectivity index (χ3v) is 5.36. The lowest BCUT2D eigenvalue weighted by molar-refractivity contribution is -0.139. The molecular formula is C17H24N4O3. The van der Waals surface area contributed by atoms with Crippen molar-refractivity contribution in [2.24, 2.45) is 0 Å². The highest BCUT2D eigenvalue weighted by Crippen LogP contribution is 2.35. The van der Waals surface area contributed by atoms with Gasteiger partial charge in [-0.15, -0.1) is 0 Å². The van der Waals surface area contributed by atoms with E-state index in [2.05, 4.69) is 20.2 Å². The predicted octanol–water partition coefficient (Wildman–Crippen LogP) is 1.22. The molecule has 0 unspecified atom stereocenters. The highest BCUT2D eigenvalue weighted by atomic mass is 16.5. The number of carbonyl (C=O) groups excluding carboxylic acids is 1. The van der Waals surface area contributed by atoms with E-state index in [0.29, 0.717) is 17.9 Å². The number of nitrogens with one attached hydrogen (secondary N) is 1. The molecule has 1 aromatic rings. The number of aromatic nitrogens is 2. The molecule has 3 atom stereocenters. The zero-order valence-corrected chi connectivity index (χ0v) is 13.8. The number of ether oxygens (including phenoxy) is 2. The van der Waals surface area contributed by atoms with Crippen molar-refractivity contribution in [1.82, 2.24) is 14.9 Å². The molecule has 4 rings (SSSR count). The molecule has 24 heavy (non-hydrogen) atoms. The van der Waals surface area contributed by atoms with Gasteiger partial charge in [0.25, 0.3) is 5.91 Å². The first-order valence-corrected chi connectivity index (χ1v) is 8.87. The van der Waals surface area contributed by atoms with Crippen molar-refractivity contribution >= 4 is 11.7 Å². The van der Waals surface area contributed by atoms with Crippen molar-refractivity contribution in [3.05, 3.63) is 18.6 Å². The SMILES string of the molecule is O=C(Nc1cnccn1)[C@@H]1CC[C@H]2[C@H](CCN2C2CCOCC2)O1. The van der Waals surface area contributed by atoms with Crippen molar-refractivity contribution in [2.75, 3.05) is 25.1 Å². The smallest absolute Gasteiger partial charge is 0.254 e. The van der Waals surface area contributed by atoms with E-state index < -0.39 is 0 Å². The number of rotatable bonds is 3. The van der Waals surface area contributed by atoms with Crippen LogP contribution in [-0.4, -0.2) is 64.8 Å². The Kier molecular flexibility index (Phi) is 4.73. The molecule has 130 valence electrons. The van der Waals surface area contributed by atoms with Gasteiger partial charge in [-0.1, -0.05) is 0 Å². The van der Waals surface area contributed by atoms with Crippen LogP contribution in [-0.2, 0) is 14.3 Å². The number of carbonyl (C=O) groups is 1. The summed E-state index contributed by atoms with van der Waals surface area (Å²) in [5, 5.41) is 2.80. The number of amides is 1. The first kappa shape index (κ1) is 15.9. The summed E-state index contributed by atoms with van der Waals surface area (Å²) in [4.78, 5) is 23.1. The second kappa shape index (κ2) is 7.13. The molecule has 1 aromatic heterocycles. The largest absolute Gasteiger partial charge is 0.381 e. The van der Waals surface area contributed by atoms with Gasteiger partial charge in [-0.3, -0.25) is 14.7 Å². The van der Waals surface area contributed by atoms with E-state index in [4.69, 9.17) is 9.47 Å². The summed E-state index contributed by atoms with van der Waals surface area (Å²) < 4.78 is 11.6. The van der Waals surface area contributed by atoms with Gasteiger partial charge in [-0.05, 0) is 32.1 Å². The fraction of sp³-hybridized carbons (Fsp3) is 0.706. The molecule has 3 saturated heterocycles. The summed E-state index contributed by atoms with van der Waals surface area (Å²) in [7, 11) is 0. The highest BCUT2D eigenvalue weighted by molar-refractivity contribution is 5.93. The van der Waals surface area contributed by atoms with Crippen LogP contribution in [0.1, 0.15) is 32.1 Å². The van der Waals surface area contributed by atoms with Gasteiger partial charge in [-0.2, -0.15) is 0 Å². The molecule has 1 N–H and O–H groups in total. The summed E-state index contributed by atoms with van der Waals surface area (Å²) in [5.74, 6) is 0.363. The number of anilines is 1. The first-order valence-electron chi connectivity index (χ1n) is 8.87. The first-order chi connectivity index (χ1) is 11.8. The highest BCUT2D eigenvalue weighted by Gasteiger charge is 2.44. The van der Waals surface area contributed by atoms with E-state index in [1.807, 2.05) is 0 Å². The Morgan fingerprint density at radius 2 is 2.04 bits per heavy atom. The summed E-state index contributed by atoms with van der Waals surface area (Å²) >= 11 is 0. The van der Waals surface area contributed by atoms with Gasteiger partial charge in [0.05, 0.1) is 12.3 Å². The quantitative estimate of drug-likeness (QED) is 0.897. The zero-order valence-electron chi connectivity index (χ0n) is 13.8. The summed E-state index contributed by atoms with van der Waals surface area (Å²) in [6.07, 6.45) is 9.48. The van der Waals surface area contributed by atoms with Crippen molar-refractivity contribution in [3.63, 3.8) is 0 Å². The van der Waals surface area contributed by atoms with E-state index >= 15 is 0 Å². The third-order valence-electron chi connectivity index (χ3n) is 5.36. The second-order valence-corrected chi connectivity index (χ2v) is 6.76. The monoisotopic (exact) mass is 332 g/mol. The molecule has 1 amide bonds. The van der Waals surface area contributed by atoms with Gasteiger partial charge in [-0.25, -0.2) is 4.98 Å². The van der Waals surface area contributed by atoms with E-state index in [1.54, 1.807) is 18.6 Å². The fourth-order valence-corrected chi connectivity index (χ4v) is 4.19. The average molecular weight is 332 g/mol. The Bertz CT molecular complexity index is 564. The van der Waals surface area contributed by atoms with Crippen LogP contribution in [0.5, 0.6) is 0 Å². The maximum Gasteiger partial charge on any atom is 0.254 e. The molecule has 0 saturated carbocycles. The van der Waals surface area contributed by atoms with Crippen molar-refractivity contribution < 1.29 is 14.3 Å². The standard InChI is InChI=1S/C17H24N4O3/c22-17(20-16-11-18-6-7-19-16)15-2-1-13-14(24-15)3-8-21(13)12-4-9-23-10-5-12/h6-7,11-15H,1-5,8-10H2,(H,19,20,22)/t13-,14-,15-/m0/s1. The van der Waals surface area contributed by atoms with Crippen LogP contribution >= 0.6 is 0 Å². The van der Waals surface area contributed by atoms with Crippen molar-refractivity contribution in [1.29, 1.82) is 0 Å². The average Bonchev–Trinajstić information content (AvgIpc) is 3.06. The van der Waals surface area contributed by atoms with Crippen LogP contribution in [0.2, 0.25) is 0 Å². The molecule has 7 nitrogen and oxygen atoms in total. The number of fused-ring (bicyclic) bond motifs is 1. The lowest BCUT2D eigenvalue weighted by atomic mass is 9.96. The number of nitrogens with zero attached hydrogens (tertiary/aromatic N) is 3. The zero-order chi connectivity index (χ0) is 16.4. The Labute approximate surface area is 141 Å². The van der Waals surface area contributed by atoms with Crippen LogP contribution in [0, 0.1) is 0 Å². The molecule has 0 spiro atoms. The van der Waals surface area contributed by atoms with E-state index in [1.165, 1.54) is 0 Å². The van der Waals surface area contributed by atoms with Crippen LogP contribution in [0.4, 0.5) is 5.82 Å². The van der Waals surface area contributed by atoms with Crippen molar-refractivity contribution in [3.8, 4) is 0 Å². The molecule has 7 heteroatoms. The lowest BCUT2D eigenvalue weighted by Gasteiger charge is -2.40. The number of hydrogen-bond donors (Lipinski definition) is 1. The van der Waals surface area contributed by atoms with Crippen LogP contribution in [0.3, 0.4) is 0 Å². The lowest BCUT2D eigenvalue weighted by Crippen LogP contribution is -2.50. The molecule has 0 radical (unpaired) electrons. The Morgan fingerprint density at radius 3 is 2.83 bits per heavy atom. The number of likely N-dealkylation sites (tertiary alicyclic amines) is 1. The maximum atomic E-state index is 12.4.